The van der Waals surface area contributed by atoms with Crippen LogP contribution in [0.2, 0.25) is 0 Å². The topological polar surface area (TPSA) is 41.6 Å². The first-order chi connectivity index (χ1) is 10.8. The van der Waals surface area contributed by atoms with Crippen molar-refractivity contribution < 1.29 is 9.53 Å². The summed E-state index contributed by atoms with van der Waals surface area (Å²) < 4.78 is 5.25. The fourth-order valence-corrected chi connectivity index (χ4v) is 2.16. The Balaban J connectivity index is 2.01. The van der Waals surface area contributed by atoms with Gasteiger partial charge < -0.3 is 15.0 Å². The summed E-state index contributed by atoms with van der Waals surface area (Å²) in [6.45, 7) is 5.98. The fourth-order valence-electron chi connectivity index (χ4n) is 2.16. The minimum Gasteiger partial charge on any atom is -0.444 e. The largest absolute Gasteiger partial charge is 0.444 e. The first-order valence-electron chi connectivity index (χ1n) is 7.70. The monoisotopic (exact) mass is 312 g/mol. The Morgan fingerprint density at radius 1 is 1.04 bits per heavy atom. The second-order valence-electron chi connectivity index (χ2n) is 6.42. The molecular weight excluding hydrogens is 288 g/mol. The van der Waals surface area contributed by atoms with E-state index in [2.05, 4.69) is 28.4 Å². The second-order valence-corrected chi connectivity index (χ2v) is 6.42. The Kier molecular flexibility index (Phi) is 5.27. The molecule has 23 heavy (non-hydrogen) atoms. The van der Waals surface area contributed by atoms with Crippen molar-refractivity contribution in [2.75, 3.05) is 11.9 Å². The van der Waals surface area contributed by atoms with Crippen molar-refractivity contribution in [3.8, 4) is 0 Å². The van der Waals surface area contributed by atoms with E-state index in [0.717, 1.165) is 16.9 Å². The van der Waals surface area contributed by atoms with Crippen LogP contribution in [0.4, 0.5) is 16.2 Å². The van der Waals surface area contributed by atoms with Crippen LogP contribution >= 0.6 is 0 Å². The minimum absolute atomic E-state index is 0.403. The number of hydrogen-bond acceptors (Lipinski definition) is 3. The maximum atomic E-state index is 11.7. The van der Waals surface area contributed by atoms with Gasteiger partial charge in [-0.15, -0.1) is 0 Å². The van der Waals surface area contributed by atoms with Crippen LogP contribution in [0.25, 0.3) is 0 Å². The number of carbonyl (C=O) groups excluding carboxylic acids is 1. The molecule has 1 N–H and O–H groups in total. The third-order valence-corrected chi connectivity index (χ3v) is 3.28. The molecule has 0 unspecified atom stereocenters. The third-order valence-electron chi connectivity index (χ3n) is 3.28. The van der Waals surface area contributed by atoms with Gasteiger partial charge in [0.2, 0.25) is 0 Å². The van der Waals surface area contributed by atoms with Gasteiger partial charge in [-0.2, -0.15) is 0 Å². The summed E-state index contributed by atoms with van der Waals surface area (Å²) in [4.78, 5) is 13.8. The third kappa shape index (κ3) is 5.33. The highest BCUT2D eigenvalue weighted by Crippen LogP contribution is 2.23. The Morgan fingerprint density at radius 2 is 1.70 bits per heavy atom. The van der Waals surface area contributed by atoms with Crippen LogP contribution in [0.15, 0.2) is 54.6 Å². The summed E-state index contributed by atoms with van der Waals surface area (Å²) in [7, 11) is 2.02. The van der Waals surface area contributed by atoms with E-state index >= 15 is 0 Å². The molecule has 0 aliphatic carbocycles. The molecule has 4 heteroatoms. The number of alkyl carbamates (subject to hydrolysis) is 1. The van der Waals surface area contributed by atoms with Gasteiger partial charge in [-0.25, -0.2) is 4.79 Å². The lowest BCUT2D eigenvalue weighted by Crippen LogP contribution is -2.32. The van der Waals surface area contributed by atoms with Crippen molar-refractivity contribution in [1.82, 2.24) is 5.32 Å². The Bertz CT molecular complexity index is 648. The van der Waals surface area contributed by atoms with Crippen LogP contribution < -0.4 is 10.2 Å². The zero-order chi connectivity index (χ0) is 16.9. The smallest absolute Gasteiger partial charge is 0.407 e. The SMILES string of the molecule is CN(c1ccccc1)c1cccc(CNC(=O)OC(C)(C)C)c1. The molecule has 2 rings (SSSR count). The van der Waals surface area contributed by atoms with Gasteiger partial charge in [0, 0.05) is 25.0 Å². The van der Waals surface area contributed by atoms with Crippen molar-refractivity contribution in [3.05, 3.63) is 60.2 Å². The summed E-state index contributed by atoms with van der Waals surface area (Å²) in [6, 6.07) is 18.2. The molecule has 0 aromatic heterocycles. The second kappa shape index (κ2) is 7.18. The van der Waals surface area contributed by atoms with Gasteiger partial charge in [-0.1, -0.05) is 30.3 Å². The van der Waals surface area contributed by atoms with Crippen LogP contribution in [0, 0.1) is 0 Å². The van der Waals surface area contributed by atoms with Crippen molar-refractivity contribution >= 4 is 17.5 Å². The first kappa shape index (κ1) is 16.9. The quantitative estimate of drug-likeness (QED) is 0.905. The number of anilines is 2. The standard InChI is InChI=1S/C19H24N2O2/c1-19(2,3)23-18(22)20-14-15-9-8-12-17(13-15)21(4)16-10-6-5-7-11-16/h5-13H,14H2,1-4H3,(H,20,22). The van der Waals surface area contributed by atoms with Crippen LogP contribution in [-0.2, 0) is 11.3 Å². The number of para-hydroxylation sites is 1. The molecular formula is C19H24N2O2. The average Bonchev–Trinajstić information content (AvgIpc) is 2.52. The number of benzene rings is 2. The van der Waals surface area contributed by atoms with Gasteiger partial charge >= 0.3 is 6.09 Å². The molecule has 0 bridgehead atoms. The molecule has 0 atom stereocenters. The van der Waals surface area contributed by atoms with Gasteiger partial charge in [0.1, 0.15) is 5.60 Å². The fraction of sp³-hybridized carbons (Fsp3) is 0.316. The summed E-state index contributed by atoms with van der Waals surface area (Å²) in [6.07, 6.45) is -0.403. The Hall–Kier alpha value is -2.49. The molecule has 0 saturated carbocycles. The van der Waals surface area contributed by atoms with E-state index in [1.54, 1.807) is 0 Å². The number of hydrogen-bond donors (Lipinski definition) is 1. The predicted octanol–water partition coefficient (Wildman–Crippen LogP) is 4.48. The molecule has 0 aliphatic heterocycles. The van der Waals surface area contributed by atoms with E-state index in [9.17, 15) is 4.79 Å². The summed E-state index contributed by atoms with van der Waals surface area (Å²) in [5.74, 6) is 0. The molecule has 1 amide bonds. The van der Waals surface area contributed by atoms with Crippen LogP contribution in [0.3, 0.4) is 0 Å². The highest BCUT2D eigenvalue weighted by molar-refractivity contribution is 5.68. The average molecular weight is 312 g/mol. The lowest BCUT2D eigenvalue weighted by molar-refractivity contribution is 0.0523. The minimum atomic E-state index is -0.487. The zero-order valence-electron chi connectivity index (χ0n) is 14.2. The zero-order valence-corrected chi connectivity index (χ0v) is 14.2. The van der Waals surface area contributed by atoms with E-state index in [1.165, 1.54) is 0 Å². The Labute approximate surface area is 138 Å². The molecule has 0 aliphatic rings. The number of carbonyl (C=O) groups is 1. The van der Waals surface area contributed by atoms with Crippen LogP contribution in [0.5, 0.6) is 0 Å². The maximum absolute atomic E-state index is 11.7. The number of ether oxygens (including phenoxy) is 1. The van der Waals surface area contributed by atoms with Crippen molar-refractivity contribution in [2.24, 2.45) is 0 Å². The normalized spacial score (nSPS) is 11.0. The number of amides is 1. The summed E-state index contributed by atoms with van der Waals surface area (Å²) in [5, 5.41) is 2.78. The number of rotatable bonds is 4. The highest BCUT2D eigenvalue weighted by atomic mass is 16.6. The number of nitrogens with zero attached hydrogens (tertiary/aromatic N) is 1. The van der Waals surface area contributed by atoms with E-state index in [0.29, 0.717) is 6.54 Å². The highest BCUT2D eigenvalue weighted by Gasteiger charge is 2.15. The lowest BCUT2D eigenvalue weighted by atomic mass is 10.1. The molecule has 0 saturated heterocycles. The first-order valence-corrected chi connectivity index (χ1v) is 7.70. The van der Waals surface area contributed by atoms with Crippen molar-refractivity contribution in [1.29, 1.82) is 0 Å². The molecule has 122 valence electrons. The van der Waals surface area contributed by atoms with Crippen LogP contribution in [-0.4, -0.2) is 18.7 Å². The molecule has 0 heterocycles. The van der Waals surface area contributed by atoms with Gasteiger partial charge in [0.25, 0.3) is 0 Å². The van der Waals surface area contributed by atoms with E-state index in [4.69, 9.17) is 4.74 Å². The molecule has 2 aromatic carbocycles. The van der Waals surface area contributed by atoms with Crippen molar-refractivity contribution in [2.45, 2.75) is 32.9 Å². The molecule has 0 radical (unpaired) electrons. The van der Waals surface area contributed by atoms with E-state index in [1.807, 2.05) is 64.2 Å². The summed E-state index contributed by atoms with van der Waals surface area (Å²) in [5.41, 5.74) is 2.72. The predicted molar refractivity (Wildman–Crippen MR) is 94.0 cm³/mol. The van der Waals surface area contributed by atoms with E-state index < -0.39 is 11.7 Å². The summed E-state index contributed by atoms with van der Waals surface area (Å²) >= 11 is 0. The van der Waals surface area contributed by atoms with Crippen LogP contribution in [0.1, 0.15) is 26.3 Å². The van der Waals surface area contributed by atoms with Gasteiger partial charge in [0.15, 0.2) is 0 Å². The van der Waals surface area contributed by atoms with Gasteiger partial charge in [-0.3, -0.25) is 0 Å². The molecule has 2 aromatic rings. The maximum Gasteiger partial charge on any atom is 0.407 e. The molecule has 4 nitrogen and oxygen atoms in total. The van der Waals surface area contributed by atoms with Gasteiger partial charge in [-0.05, 0) is 50.6 Å². The van der Waals surface area contributed by atoms with Crippen molar-refractivity contribution in [3.63, 3.8) is 0 Å². The Morgan fingerprint density at radius 3 is 2.35 bits per heavy atom. The van der Waals surface area contributed by atoms with Gasteiger partial charge in [0.05, 0.1) is 0 Å². The molecule has 0 spiro atoms. The lowest BCUT2D eigenvalue weighted by Gasteiger charge is -2.21. The number of nitrogens with one attached hydrogen (secondary N) is 1. The van der Waals surface area contributed by atoms with E-state index in [-0.39, 0.29) is 0 Å². The molecule has 0 fully saturated rings.